The van der Waals surface area contributed by atoms with Crippen LogP contribution in [0.2, 0.25) is 0 Å². The van der Waals surface area contributed by atoms with Crippen molar-refractivity contribution in [3.8, 4) is 0 Å². The van der Waals surface area contributed by atoms with Crippen LogP contribution in [0.25, 0.3) is 0 Å². The summed E-state index contributed by atoms with van der Waals surface area (Å²) < 4.78 is 25.1. The molecule has 0 aliphatic rings. The first kappa shape index (κ1) is 8.90. The number of ketones is 1. The molecule has 2 nitrogen and oxygen atoms in total. The molecule has 0 N–H and O–H groups in total. The first-order valence-corrected chi connectivity index (χ1v) is 3.55. The van der Waals surface area contributed by atoms with Crippen LogP contribution in [0.15, 0.2) is 18.3 Å². The van der Waals surface area contributed by atoms with Crippen molar-refractivity contribution in [3.63, 3.8) is 0 Å². The molecule has 0 bridgehead atoms. The molecule has 0 saturated carbocycles. The number of halogens is 2. The molecule has 12 heavy (non-hydrogen) atoms. The number of carbonyl (C=O) groups is 1. The van der Waals surface area contributed by atoms with Gasteiger partial charge < -0.3 is 4.57 Å². The Kier molecular flexibility index (Phi) is 2.58. The Morgan fingerprint density at radius 2 is 2.33 bits per heavy atom. The van der Waals surface area contributed by atoms with Gasteiger partial charge in [-0.1, -0.05) is 0 Å². The molecule has 0 atom stereocenters. The summed E-state index contributed by atoms with van der Waals surface area (Å²) in [7, 11) is 0. The molecule has 0 aromatic carbocycles. The zero-order chi connectivity index (χ0) is 9.14. The van der Waals surface area contributed by atoms with Crippen molar-refractivity contribution in [1.29, 1.82) is 0 Å². The van der Waals surface area contributed by atoms with Crippen LogP contribution in [0.3, 0.4) is 0 Å². The standard InChI is InChI=1S/C8H9F2NO/c1-6(12)7-3-2-4-11(7)5-8(9)10/h2-4,8H,5H2,1H3. The van der Waals surface area contributed by atoms with Crippen LogP contribution in [-0.2, 0) is 6.54 Å². The molecule has 0 aliphatic carbocycles. The van der Waals surface area contributed by atoms with Crippen molar-refractivity contribution >= 4 is 5.78 Å². The fraction of sp³-hybridized carbons (Fsp3) is 0.375. The minimum absolute atomic E-state index is 0.194. The Morgan fingerprint density at radius 3 is 2.83 bits per heavy atom. The maximum atomic E-state index is 11.9. The van der Waals surface area contributed by atoms with E-state index >= 15 is 0 Å². The number of rotatable bonds is 3. The number of aromatic nitrogens is 1. The van der Waals surface area contributed by atoms with Gasteiger partial charge in [-0.05, 0) is 12.1 Å². The van der Waals surface area contributed by atoms with Gasteiger partial charge in [0.1, 0.15) is 0 Å². The number of Topliss-reactive ketones (excluding diaryl/α,β-unsaturated/α-hetero) is 1. The Hall–Kier alpha value is -1.19. The average Bonchev–Trinajstić information content (AvgIpc) is 2.33. The van der Waals surface area contributed by atoms with E-state index in [1.165, 1.54) is 23.8 Å². The lowest BCUT2D eigenvalue weighted by atomic mass is 10.3. The highest BCUT2D eigenvalue weighted by Gasteiger charge is 2.09. The van der Waals surface area contributed by atoms with E-state index in [1.807, 2.05) is 0 Å². The van der Waals surface area contributed by atoms with Crippen LogP contribution < -0.4 is 0 Å². The quantitative estimate of drug-likeness (QED) is 0.640. The lowest BCUT2D eigenvalue weighted by molar-refractivity contribution is 0.0989. The van der Waals surface area contributed by atoms with Gasteiger partial charge in [0.2, 0.25) is 0 Å². The van der Waals surface area contributed by atoms with E-state index in [1.54, 1.807) is 6.07 Å². The molecule has 1 heterocycles. The molecule has 66 valence electrons. The monoisotopic (exact) mass is 173 g/mol. The molecule has 1 aromatic heterocycles. The molecule has 0 radical (unpaired) electrons. The third kappa shape index (κ3) is 1.90. The summed E-state index contributed by atoms with van der Waals surface area (Å²) in [6.07, 6.45) is -0.946. The summed E-state index contributed by atoms with van der Waals surface area (Å²) in [5.74, 6) is -0.194. The first-order valence-electron chi connectivity index (χ1n) is 3.55. The Morgan fingerprint density at radius 1 is 1.67 bits per heavy atom. The minimum atomic E-state index is -2.42. The molecular formula is C8H9F2NO. The molecule has 0 amide bonds. The number of nitrogens with zero attached hydrogens (tertiary/aromatic N) is 1. The Bertz CT molecular complexity index is 280. The maximum absolute atomic E-state index is 11.9. The SMILES string of the molecule is CC(=O)c1cccn1CC(F)F. The van der Waals surface area contributed by atoms with Gasteiger partial charge in [-0.25, -0.2) is 8.78 Å². The van der Waals surface area contributed by atoms with Crippen molar-refractivity contribution in [1.82, 2.24) is 4.57 Å². The van der Waals surface area contributed by atoms with Gasteiger partial charge in [-0.15, -0.1) is 0 Å². The maximum Gasteiger partial charge on any atom is 0.256 e. The van der Waals surface area contributed by atoms with Crippen molar-refractivity contribution in [2.75, 3.05) is 0 Å². The molecule has 0 spiro atoms. The van der Waals surface area contributed by atoms with Crippen LogP contribution in [0.1, 0.15) is 17.4 Å². The predicted molar refractivity (Wildman–Crippen MR) is 40.4 cm³/mol. The summed E-state index contributed by atoms with van der Waals surface area (Å²) in [6, 6.07) is 3.11. The van der Waals surface area contributed by atoms with Crippen molar-refractivity contribution < 1.29 is 13.6 Å². The van der Waals surface area contributed by atoms with Crippen molar-refractivity contribution in [2.45, 2.75) is 19.9 Å². The molecule has 0 fully saturated rings. The van der Waals surface area contributed by atoms with E-state index in [0.29, 0.717) is 5.69 Å². The fourth-order valence-electron chi connectivity index (χ4n) is 1.04. The van der Waals surface area contributed by atoms with Gasteiger partial charge in [0.25, 0.3) is 6.43 Å². The second-order valence-electron chi connectivity index (χ2n) is 2.49. The number of hydrogen-bond donors (Lipinski definition) is 0. The molecule has 1 aromatic rings. The van der Waals surface area contributed by atoms with Crippen LogP contribution in [-0.4, -0.2) is 16.8 Å². The zero-order valence-corrected chi connectivity index (χ0v) is 6.63. The molecule has 1 rings (SSSR count). The number of hydrogen-bond acceptors (Lipinski definition) is 1. The summed E-state index contributed by atoms with van der Waals surface area (Å²) in [6.45, 7) is 0.944. The first-order chi connectivity index (χ1) is 5.61. The van der Waals surface area contributed by atoms with E-state index in [0.717, 1.165) is 0 Å². The van der Waals surface area contributed by atoms with Crippen LogP contribution >= 0.6 is 0 Å². The zero-order valence-electron chi connectivity index (χ0n) is 6.63. The minimum Gasteiger partial charge on any atom is -0.339 e. The van der Waals surface area contributed by atoms with Crippen molar-refractivity contribution in [2.24, 2.45) is 0 Å². The second-order valence-corrected chi connectivity index (χ2v) is 2.49. The van der Waals surface area contributed by atoms with E-state index in [9.17, 15) is 13.6 Å². The molecular weight excluding hydrogens is 164 g/mol. The molecule has 4 heteroatoms. The third-order valence-electron chi connectivity index (χ3n) is 1.52. The Balaban J connectivity index is 2.84. The van der Waals surface area contributed by atoms with Crippen molar-refractivity contribution in [3.05, 3.63) is 24.0 Å². The summed E-state index contributed by atoms with van der Waals surface area (Å²) >= 11 is 0. The molecule has 0 unspecified atom stereocenters. The van der Waals surface area contributed by atoms with Crippen LogP contribution in [0.5, 0.6) is 0 Å². The van der Waals surface area contributed by atoms with Gasteiger partial charge in [-0.3, -0.25) is 4.79 Å². The highest BCUT2D eigenvalue weighted by atomic mass is 19.3. The summed E-state index contributed by atoms with van der Waals surface area (Å²) in [5, 5.41) is 0. The molecule has 0 aliphatic heterocycles. The topological polar surface area (TPSA) is 22.0 Å². The Labute approximate surface area is 68.8 Å². The van der Waals surface area contributed by atoms with E-state index in [4.69, 9.17) is 0 Å². The van der Waals surface area contributed by atoms with E-state index in [2.05, 4.69) is 0 Å². The third-order valence-corrected chi connectivity index (χ3v) is 1.52. The lowest BCUT2D eigenvalue weighted by Crippen LogP contribution is -2.10. The average molecular weight is 173 g/mol. The summed E-state index contributed by atoms with van der Waals surface area (Å²) in [5.41, 5.74) is 0.329. The predicted octanol–water partition coefficient (Wildman–Crippen LogP) is 1.96. The van der Waals surface area contributed by atoms with E-state index in [-0.39, 0.29) is 5.78 Å². The lowest BCUT2D eigenvalue weighted by Gasteiger charge is -2.04. The fourth-order valence-corrected chi connectivity index (χ4v) is 1.04. The van der Waals surface area contributed by atoms with Gasteiger partial charge in [-0.2, -0.15) is 0 Å². The normalized spacial score (nSPS) is 10.7. The van der Waals surface area contributed by atoms with Crippen LogP contribution in [0.4, 0.5) is 8.78 Å². The van der Waals surface area contributed by atoms with E-state index < -0.39 is 13.0 Å². The highest BCUT2D eigenvalue weighted by molar-refractivity contribution is 5.92. The largest absolute Gasteiger partial charge is 0.339 e. The second kappa shape index (κ2) is 3.47. The van der Waals surface area contributed by atoms with Gasteiger partial charge in [0.05, 0.1) is 12.2 Å². The van der Waals surface area contributed by atoms with Gasteiger partial charge >= 0.3 is 0 Å². The molecule has 0 saturated heterocycles. The smallest absolute Gasteiger partial charge is 0.256 e. The number of carbonyl (C=O) groups excluding carboxylic acids is 1. The number of alkyl halides is 2. The highest BCUT2D eigenvalue weighted by Crippen LogP contribution is 2.06. The summed E-state index contributed by atoms with van der Waals surface area (Å²) in [4.78, 5) is 10.8. The van der Waals surface area contributed by atoms with Crippen LogP contribution in [0, 0.1) is 0 Å². The van der Waals surface area contributed by atoms with Gasteiger partial charge in [0.15, 0.2) is 5.78 Å². The van der Waals surface area contributed by atoms with Gasteiger partial charge in [0, 0.05) is 13.1 Å².